The summed E-state index contributed by atoms with van der Waals surface area (Å²) in [4.78, 5) is 16.8. The van der Waals surface area contributed by atoms with Crippen molar-refractivity contribution >= 4 is 17.7 Å². The maximum Gasteiger partial charge on any atom is 0.254 e. The number of rotatable bonds is 5. The lowest BCUT2D eigenvalue weighted by atomic mass is 9.98. The first-order valence-corrected chi connectivity index (χ1v) is 8.69. The van der Waals surface area contributed by atoms with Crippen LogP contribution in [0, 0.1) is 12.8 Å². The van der Waals surface area contributed by atoms with E-state index in [-0.39, 0.29) is 17.9 Å². The summed E-state index contributed by atoms with van der Waals surface area (Å²) >= 11 is 1.46. The number of carbonyl (C=O) groups is 1. The molecule has 6 nitrogen and oxygen atoms in total. The topological polar surface area (TPSA) is 77.2 Å². The number of hydrogen-bond acceptors (Lipinski definition) is 6. The fourth-order valence-corrected chi connectivity index (χ4v) is 3.25. The first-order valence-electron chi connectivity index (χ1n) is 7.47. The van der Waals surface area contributed by atoms with Crippen molar-refractivity contribution in [1.29, 1.82) is 0 Å². The summed E-state index contributed by atoms with van der Waals surface area (Å²) in [6, 6.07) is 5.44. The van der Waals surface area contributed by atoms with Crippen LogP contribution in [0.5, 0.6) is 0 Å². The molecule has 1 N–H and O–H groups in total. The monoisotopic (exact) mass is 333 g/mol. The van der Waals surface area contributed by atoms with Crippen molar-refractivity contribution in [2.75, 3.05) is 19.5 Å². The summed E-state index contributed by atoms with van der Waals surface area (Å²) in [7, 11) is 0. The van der Waals surface area contributed by atoms with Crippen molar-refractivity contribution < 1.29 is 14.1 Å². The fourth-order valence-electron chi connectivity index (χ4n) is 2.70. The molecule has 1 amide bonds. The van der Waals surface area contributed by atoms with Crippen LogP contribution in [0.2, 0.25) is 0 Å². The van der Waals surface area contributed by atoms with E-state index in [0.717, 1.165) is 16.5 Å². The van der Waals surface area contributed by atoms with E-state index < -0.39 is 0 Å². The highest BCUT2D eigenvalue weighted by Gasteiger charge is 2.31. The van der Waals surface area contributed by atoms with Crippen LogP contribution in [0.3, 0.4) is 0 Å². The molecule has 0 aliphatic carbocycles. The van der Waals surface area contributed by atoms with Crippen LogP contribution in [-0.4, -0.2) is 41.6 Å². The first-order chi connectivity index (χ1) is 11.2. The molecule has 7 heteroatoms. The highest BCUT2D eigenvalue weighted by molar-refractivity contribution is 7.98. The Bertz CT molecular complexity index is 689. The third-order valence-corrected chi connectivity index (χ3v) is 4.58. The number of ether oxygens (including phenoxy) is 1. The van der Waals surface area contributed by atoms with Gasteiger partial charge in [0.2, 0.25) is 0 Å². The molecule has 0 bridgehead atoms. The maximum atomic E-state index is 12.5. The number of pyridine rings is 1. The van der Waals surface area contributed by atoms with Crippen LogP contribution in [0.25, 0.3) is 0 Å². The first kappa shape index (κ1) is 16.0. The smallest absolute Gasteiger partial charge is 0.254 e. The summed E-state index contributed by atoms with van der Waals surface area (Å²) in [6.45, 7) is 3.01. The summed E-state index contributed by atoms with van der Waals surface area (Å²) in [6.07, 6.45) is 4.30. The molecule has 0 aromatic carbocycles. The van der Waals surface area contributed by atoms with E-state index in [1.54, 1.807) is 18.3 Å². The lowest BCUT2D eigenvalue weighted by Gasteiger charge is -2.18. The largest absolute Gasteiger partial charge is 0.379 e. The van der Waals surface area contributed by atoms with E-state index in [4.69, 9.17) is 9.26 Å². The molecule has 23 heavy (non-hydrogen) atoms. The number of nitrogens with zero attached hydrogens (tertiary/aromatic N) is 2. The van der Waals surface area contributed by atoms with Crippen LogP contribution in [0.1, 0.15) is 21.8 Å². The highest BCUT2D eigenvalue weighted by Crippen LogP contribution is 2.22. The number of aromatic nitrogens is 2. The van der Waals surface area contributed by atoms with Crippen molar-refractivity contribution in [3.63, 3.8) is 0 Å². The van der Waals surface area contributed by atoms with Crippen molar-refractivity contribution in [3.8, 4) is 0 Å². The molecule has 3 heterocycles. The molecule has 0 unspecified atom stereocenters. The molecule has 2 aromatic rings. The van der Waals surface area contributed by atoms with E-state index >= 15 is 0 Å². The zero-order chi connectivity index (χ0) is 16.2. The van der Waals surface area contributed by atoms with Gasteiger partial charge in [-0.15, -0.1) is 11.8 Å². The van der Waals surface area contributed by atoms with Gasteiger partial charge >= 0.3 is 0 Å². The van der Waals surface area contributed by atoms with Crippen molar-refractivity contribution in [1.82, 2.24) is 15.5 Å². The third kappa shape index (κ3) is 3.73. The second kappa shape index (κ2) is 7.14. The van der Waals surface area contributed by atoms with Gasteiger partial charge in [-0.3, -0.25) is 4.79 Å². The molecule has 0 spiro atoms. The predicted molar refractivity (Wildman–Crippen MR) is 86.5 cm³/mol. The molecule has 1 aliphatic rings. The number of hydrogen-bond donors (Lipinski definition) is 1. The minimum Gasteiger partial charge on any atom is -0.379 e. The predicted octanol–water partition coefficient (Wildman–Crippen LogP) is 2.09. The van der Waals surface area contributed by atoms with Gasteiger partial charge in [0.05, 0.1) is 30.5 Å². The SMILES string of the molecule is CSc1ncccc1C(=O)N[C@H]1COC[C@H]1Cc1cc(C)no1. The van der Waals surface area contributed by atoms with Crippen LogP contribution in [-0.2, 0) is 11.2 Å². The molecule has 1 saturated heterocycles. The van der Waals surface area contributed by atoms with E-state index in [0.29, 0.717) is 25.2 Å². The lowest BCUT2D eigenvalue weighted by molar-refractivity contribution is 0.0921. The van der Waals surface area contributed by atoms with Gasteiger partial charge < -0.3 is 14.6 Å². The quantitative estimate of drug-likeness (QED) is 0.844. The van der Waals surface area contributed by atoms with Crippen LogP contribution in [0.4, 0.5) is 0 Å². The normalized spacial score (nSPS) is 20.6. The van der Waals surface area contributed by atoms with Gasteiger partial charge in [-0.25, -0.2) is 4.98 Å². The second-order valence-corrected chi connectivity index (χ2v) is 6.37. The van der Waals surface area contributed by atoms with Crippen LogP contribution in [0.15, 0.2) is 33.9 Å². The molecule has 122 valence electrons. The molecule has 2 aromatic heterocycles. The Balaban J connectivity index is 1.67. The van der Waals surface area contributed by atoms with Crippen LogP contribution < -0.4 is 5.32 Å². The average Bonchev–Trinajstić information content (AvgIpc) is 3.17. The molecule has 0 radical (unpaired) electrons. The van der Waals surface area contributed by atoms with E-state index in [9.17, 15) is 4.79 Å². The Hall–Kier alpha value is -1.86. The molecule has 1 aliphatic heterocycles. The molecular weight excluding hydrogens is 314 g/mol. The summed E-state index contributed by atoms with van der Waals surface area (Å²) in [5.41, 5.74) is 1.46. The number of amides is 1. The second-order valence-electron chi connectivity index (χ2n) is 5.58. The Morgan fingerprint density at radius 2 is 2.35 bits per heavy atom. The van der Waals surface area contributed by atoms with Gasteiger partial charge in [0.25, 0.3) is 5.91 Å². The minimum absolute atomic E-state index is 0.0391. The minimum atomic E-state index is -0.114. The zero-order valence-electron chi connectivity index (χ0n) is 13.1. The van der Waals surface area contributed by atoms with Gasteiger partial charge in [-0.2, -0.15) is 0 Å². The fraction of sp³-hybridized carbons (Fsp3) is 0.438. The Morgan fingerprint density at radius 3 is 3.09 bits per heavy atom. The lowest BCUT2D eigenvalue weighted by Crippen LogP contribution is -2.40. The Labute approximate surface area is 139 Å². The van der Waals surface area contributed by atoms with Crippen molar-refractivity contribution in [2.24, 2.45) is 5.92 Å². The van der Waals surface area contributed by atoms with Gasteiger partial charge in [0.15, 0.2) is 0 Å². The summed E-state index contributed by atoms with van der Waals surface area (Å²) in [5, 5.41) is 7.70. The number of nitrogens with one attached hydrogen (secondary N) is 1. The standard InChI is InChI=1S/C16H19N3O3S/c1-10-6-12(22-19-10)7-11-8-21-9-14(11)18-15(20)13-4-3-5-17-16(13)23-2/h3-6,11,14H,7-9H2,1-2H3,(H,18,20)/t11-,14+/m1/s1. The van der Waals surface area contributed by atoms with E-state index in [1.807, 2.05) is 19.2 Å². The number of aryl methyl sites for hydroxylation is 1. The molecule has 3 rings (SSSR count). The molecule has 2 atom stereocenters. The van der Waals surface area contributed by atoms with Gasteiger partial charge in [0, 0.05) is 24.6 Å². The van der Waals surface area contributed by atoms with Gasteiger partial charge in [-0.1, -0.05) is 5.16 Å². The van der Waals surface area contributed by atoms with Crippen molar-refractivity contribution in [2.45, 2.75) is 24.4 Å². The number of carbonyl (C=O) groups excluding carboxylic acids is 1. The van der Waals surface area contributed by atoms with Gasteiger partial charge in [0.1, 0.15) is 10.8 Å². The Kier molecular flexibility index (Phi) is 4.97. The van der Waals surface area contributed by atoms with E-state index in [2.05, 4.69) is 15.5 Å². The summed E-state index contributed by atoms with van der Waals surface area (Å²) in [5.74, 6) is 0.890. The van der Waals surface area contributed by atoms with E-state index in [1.165, 1.54) is 11.8 Å². The molecular formula is C16H19N3O3S. The molecule has 0 saturated carbocycles. The maximum absolute atomic E-state index is 12.5. The van der Waals surface area contributed by atoms with Gasteiger partial charge in [-0.05, 0) is 25.3 Å². The highest BCUT2D eigenvalue weighted by atomic mass is 32.2. The summed E-state index contributed by atoms with van der Waals surface area (Å²) < 4.78 is 10.8. The van der Waals surface area contributed by atoms with Crippen molar-refractivity contribution in [3.05, 3.63) is 41.4 Å². The van der Waals surface area contributed by atoms with Crippen LogP contribution >= 0.6 is 11.8 Å². The molecule has 1 fully saturated rings. The third-order valence-electron chi connectivity index (χ3n) is 3.86. The average molecular weight is 333 g/mol. The zero-order valence-corrected chi connectivity index (χ0v) is 13.9. The number of thioether (sulfide) groups is 1. The Morgan fingerprint density at radius 1 is 1.48 bits per heavy atom.